The van der Waals surface area contributed by atoms with Gasteiger partial charge in [-0.25, -0.2) is 0 Å². The largest absolute Gasteiger partial charge is 0.120 e. The molecule has 0 bridgehead atoms. The quantitative estimate of drug-likeness (QED) is 0.227. The van der Waals surface area contributed by atoms with Crippen molar-refractivity contribution >= 4 is 11.6 Å². The van der Waals surface area contributed by atoms with Gasteiger partial charge in [-0.1, -0.05) is 84.5 Å². The summed E-state index contributed by atoms with van der Waals surface area (Å²) in [4.78, 5) is -0.0186. The van der Waals surface area contributed by atoms with Crippen molar-refractivity contribution < 1.29 is 0 Å². The second kappa shape index (κ2) is 13.0. The molecule has 0 saturated heterocycles. The zero-order valence-electron chi connectivity index (χ0n) is 14.6. The summed E-state index contributed by atoms with van der Waals surface area (Å²) in [5.74, 6) is 0.697. The Morgan fingerprint density at radius 3 is 1.50 bits per heavy atom. The second-order valence-electron chi connectivity index (χ2n) is 7.02. The van der Waals surface area contributed by atoms with Crippen LogP contribution >= 0.6 is 11.6 Å². The van der Waals surface area contributed by atoms with Gasteiger partial charge in [-0.2, -0.15) is 0 Å². The summed E-state index contributed by atoms with van der Waals surface area (Å²) < 4.78 is 0. The molecule has 1 atom stereocenters. The zero-order chi connectivity index (χ0) is 15.3. The molecule has 0 heterocycles. The van der Waals surface area contributed by atoms with Gasteiger partial charge in [0.15, 0.2) is 0 Å². The van der Waals surface area contributed by atoms with E-state index in [1.54, 1.807) is 0 Å². The van der Waals surface area contributed by atoms with Gasteiger partial charge in [0, 0.05) is 4.87 Å². The number of hydrogen-bond acceptors (Lipinski definition) is 0. The summed E-state index contributed by atoms with van der Waals surface area (Å²) >= 11 is 6.50. The topological polar surface area (TPSA) is 0 Å². The first-order chi connectivity index (χ1) is 9.52. The minimum absolute atomic E-state index is 0.0186. The number of rotatable bonds is 14. The monoisotopic (exact) mass is 302 g/mol. The molecule has 0 aliphatic rings. The van der Waals surface area contributed by atoms with Gasteiger partial charge in [0.25, 0.3) is 0 Å². The third kappa shape index (κ3) is 12.1. The number of unbranched alkanes of at least 4 members (excludes halogenated alkanes) is 9. The number of halogens is 1. The Balaban J connectivity index is 3.41. The second-order valence-corrected chi connectivity index (χ2v) is 7.99. The van der Waals surface area contributed by atoms with Gasteiger partial charge >= 0.3 is 0 Å². The van der Waals surface area contributed by atoms with E-state index in [4.69, 9.17) is 11.6 Å². The summed E-state index contributed by atoms with van der Waals surface area (Å²) in [5.41, 5.74) is 0. The van der Waals surface area contributed by atoms with Gasteiger partial charge in [0.2, 0.25) is 0 Å². The van der Waals surface area contributed by atoms with Crippen LogP contribution in [0.25, 0.3) is 0 Å². The van der Waals surface area contributed by atoms with Crippen LogP contribution in [0.5, 0.6) is 0 Å². The van der Waals surface area contributed by atoms with E-state index < -0.39 is 0 Å². The molecular weight excluding hydrogens is 264 g/mol. The number of alkyl halides is 1. The lowest BCUT2D eigenvalue weighted by atomic mass is 9.86. The highest BCUT2D eigenvalue weighted by Crippen LogP contribution is 2.32. The van der Waals surface area contributed by atoms with Gasteiger partial charge < -0.3 is 0 Å². The normalized spacial score (nSPS) is 13.7. The first-order valence-electron chi connectivity index (χ1n) is 9.21. The molecule has 0 spiro atoms. The molecule has 0 aromatic heterocycles. The van der Waals surface area contributed by atoms with Crippen molar-refractivity contribution in [3.8, 4) is 0 Å². The minimum Gasteiger partial charge on any atom is -0.120 e. The Labute approximate surface area is 134 Å². The van der Waals surface area contributed by atoms with E-state index >= 15 is 0 Å². The van der Waals surface area contributed by atoms with Crippen LogP contribution in [0.1, 0.15) is 111 Å². The molecule has 20 heavy (non-hydrogen) atoms. The van der Waals surface area contributed by atoms with E-state index in [1.165, 1.54) is 83.5 Å². The highest BCUT2D eigenvalue weighted by atomic mass is 35.5. The molecule has 0 nitrogen and oxygen atoms in total. The van der Waals surface area contributed by atoms with Crippen molar-refractivity contribution in [2.45, 2.75) is 116 Å². The molecule has 0 aliphatic heterocycles. The van der Waals surface area contributed by atoms with Crippen LogP contribution in [-0.2, 0) is 0 Å². The maximum atomic E-state index is 6.50. The molecule has 0 rings (SSSR count). The molecule has 0 fully saturated rings. The molecule has 122 valence electrons. The molecule has 0 saturated carbocycles. The van der Waals surface area contributed by atoms with Gasteiger partial charge in [-0.05, 0) is 32.6 Å². The van der Waals surface area contributed by atoms with Crippen molar-refractivity contribution in [3.05, 3.63) is 0 Å². The standard InChI is InChI=1S/C19H39Cl/c1-5-7-8-9-10-11-12-13-14-15-17-18(16-6-2)19(3,4)20/h18H,5-17H2,1-4H3. The Morgan fingerprint density at radius 1 is 0.650 bits per heavy atom. The third-order valence-electron chi connectivity index (χ3n) is 4.51. The van der Waals surface area contributed by atoms with Crippen LogP contribution in [0.4, 0.5) is 0 Å². The molecule has 0 aliphatic carbocycles. The third-order valence-corrected chi connectivity index (χ3v) is 4.82. The summed E-state index contributed by atoms with van der Waals surface area (Å²) in [5, 5.41) is 0. The predicted octanol–water partition coefficient (Wildman–Crippen LogP) is 7.73. The smallest absolute Gasteiger partial charge is 0.0418 e. The lowest BCUT2D eigenvalue weighted by Crippen LogP contribution is -2.24. The fraction of sp³-hybridized carbons (Fsp3) is 1.00. The van der Waals surface area contributed by atoms with Crippen LogP contribution in [0, 0.1) is 5.92 Å². The summed E-state index contributed by atoms with van der Waals surface area (Å²) in [6, 6.07) is 0. The van der Waals surface area contributed by atoms with Crippen molar-refractivity contribution in [2.75, 3.05) is 0 Å². The number of hydrogen-bond donors (Lipinski definition) is 0. The van der Waals surface area contributed by atoms with E-state index in [2.05, 4.69) is 27.7 Å². The van der Waals surface area contributed by atoms with Crippen molar-refractivity contribution in [3.63, 3.8) is 0 Å². The molecule has 0 amide bonds. The Hall–Kier alpha value is 0.290. The Bertz CT molecular complexity index is 192. The van der Waals surface area contributed by atoms with E-state index in [1.807, 2.05) is 0 Å². The van der Waals surface area contributed by atoms with Gasteiger partial charge in [0.1, 0.15) is 0 Å². The average Bonchev–Trinajstić information content (AvgIpc) is 2.38. The molecular formula is C19H39Cl. The first-order valence-corrected chi connectivity index (χ1v) is 9.59. The lowest BCUT2D eigenvalue weighted by Gasteiger charge is -2.28. The lowest BCUT2D eigenvalue weighted by molar-refractivity contribution is 0.344. The summed E-state index contributed by atoms with van der Waals surface area (Å²) in [6.07, 6.45) is 18.1. The zero-order valence-corrected chi connectivity index (χ0v) is 15.4. The highest BCUT2D eigenvalue weighted by Gasteiger charge is 2.25. The highest BCUT2D eigenvalue weighted by molar-refractivity contribution is 6.23. The van der Waals surface area contributed by atoms with E-state index in [-0.39, 0.29) is 4.87 Å². The minimum atomic E-state index is -0.0186. The molecule has 0 N–H and O–H groups in total. The molecule has 0 aromatic rings. The maximum absolute atomic E-state index is 6.50. The Kier molecular flexibility index (Phi) is 13.2. The van der Waals surface area contributed by atoms with Gasteiger partial charge in [0.05, 0.1) is 0 Å². The average molecular weight is 303 g/mol. The SMILES string of the molecule is CCCCCCCCCCCCC(CCC)C(C)(C)Cl. The summed E-state index contributed by atoms with van der Waals surface area (Å²) in [7, 11) is 0. The fourth-order valence-corrected chi connectivity index (χ4v) is 3.28. The molecule has 0 radical (unpaired) electrons. The Morgan fingerprint density at radius 2 is 1.10 bits per heavy atom. The van der Waals surface area contributed by atoms with Crippen molar-refractivity contribution in [1.82, 2.24) is 0 Å². The van der Waals surface area contributed by atoms with E-state index in [0.29, 0.717) is 5.92 Å². The van der Waals surface area contributed by atoms with Crippen LogP contribution in [0.15, 0.2) is 0 Å². The van der Waals surface area contributed by atoms with Crippen LogP contribution < -0.4 is 0 Å². The summed E-state index contributed by atoms with van der Waals surface area (Å²) in [6.45, 7) is 8.93. The first kappa shape index (κ1) is 20.3. The van der Waals surface area contributed by atoms with Crippen LogP contribution in [0.2, 0.25) is 0 Å². The van der Waals surface area contributed by atoms with Crippen LogP contribution in [0.3, 0.4) is 0 Å². The molecule has 1 unspecified atom stereocenters. The van der Waals surface area contributed by atoms with Crippen molar-refractivity contribution in [1.29, 1.82) is 0 Å². The van der Waals surface area contributed by atoms with Crippen LogP contribution in [-0.4, -0.2) is 4.87 Å². The van der Waals surface area contributed by atoms with Gasteiger partial charge in [-0.3, -0.25) is 0 Å². The van der Waals surface area contributed by atoms with Crippen molar-refractivity contribution in [2.24, 2.45) is 5.92 Å². The van der Waals surface area contributed by atoms with E-state index in [0.717, 1.165) is 0 Å². The van der Waals surface area contributed by atoms with Gasteiger partial charge in [-0.15, -0.1) is 11.6 Å². The fourth-order valence-electron chi connectivity index (χ4n) is 3.06. The molecule has 0 aromatic carbocycles. The molecule has 1 heteroatoms. The maximum Gasteiger partial charge on any atom is 0.0418 e. The van der Waals surface area contributed by atoms with E-state index in [9.17, 15) is 0 Å². The predicted molar refractivity (Wildman–Crippen MR) is 94.8 cm³/mol.